The van der Waals surface area contributed by atoms with Crippen LogP contribution < -0.4 is 31.9 Å². The maximum absolute atomic E-state index is 13.5. The number of Topliss-reactive ketones (excluding diaryl/α,β-unsaturated/α-hetero) is 4. The van der Waals surface area contributed by atoms with E-state index in [1.54, 1.807) is 39.7 Å². The van der Waals surface area contributed by atoms with E-state index in [9.17, 15) is 72.4 Å². The van der Waals surface area contributed by atoms with Crippen LogP contribution in [0.2, 0.25) is 13.6 Å². The molecule has 0 saturated heterocycles. The Morgan fingerprint density at radius 1 is 0.372 bits per heavy atom. The molecule has 614 valence electrons. The quantitative estimate of drug-likeness (QED) is 0.00783. The first-order chi connectivity index (χ1) is 53.0. The molecule has 10 N–H and O–H groups in total. The number of hydrogen-bond acceptors (Lipinski definition) is 20. The Hall–Kier alpha value is -9.96. The number of methoxy groups -OCH3 is 3. The van der Waals surface area contributed by atoms with Gasteiger partial charge < -0.3 is 66.2 Å². The van der Waals surface area contributed by atoms with Crippen LogP contribution in [-0.4, -0.2) is 176 Å². The minimum Gasteiger partial charge on any atom is -0.469 e. The van der Waals surface area contributed by atoms with E-state index in [-0.39, 0.29) is 138 Å². The molecule has 0 bridgehead atoms. The predicted octanol–water partition coefficient (Wildman–Crippen LogP) is 7.43. The Morgan fingerprint density at radius 2 is 0.690 bits per heavy atom. The van der Waals surface area contributed by atoms with E-state index in [0.29, 0.717) is 5.56 Å². The minimum atomic E-state index is -1.69. The van der Waals surface area contributed by atoms with Gasteiger partial charge in [0.25, 0.3) is 0 Å². The summed E-state index contributed by atoms with van der Waals surface area (Å²) in [5, 5.41) is 53.5. The number of ketones is 4. The summed E-state index contributed by atoms with van der Waals surface area (Å²) in [6.45, 7) is 17.3. The van der Waals surface area contributed by atoms with Crippen LogP contribution in [0.4, 0.5) is 0 Å². The molecule has 26 nitrogen and oxygen atoms in total. The predicted molar refractivity (Wildman–Crippen MR) is 435 cm³/mol. The number of ether oxygens (including phenoxy) is 3. The van der Waals surface area contributed by atoms with Gasteiger partial charge in [-0.05, 0) is 71.3 Å². The normalized spacial score (nSPS) is 13.4. The van der Waals surface area contributed by atoms with Gasteiger partial charge >= 0.3 is 38.9 Å². The highest BCUT2D eigenvalue weighted by Gasteiger charge is 2.36. The summed E-state index contributed by atoms with van der Waals surface area (Å²) in [6, 6.07) is 42.2. The van der Waals surface area contributed by atoms with Gasteiger partial charge in [-0.2, -0.15) is 0 Å². The van der Waals surface area contributed by atoms with Gasteiger partial charge in [0.15, 0.2) is 23.1 Å². The van der Waals surface area contributed by atoms with Crippen LogP contribution in [-0.2, 0) is 91.0 Å². The lowest BCUT2D eigenvalue weighted by Gasteiger charge is -2.25. The second-order valence-electron chi connectivity index (χ2n) is 29.4. The van der Waals surface area contributed by atoms with Gasteiger partial charge in [-0.25, -0.2) is 0 Å². The minimum absolute atomic E-state index is 0. The standard InChI is InChI=1S/C33H39BN2O6.C27H41BN2O8.C23H35BN2O6.CH4/c1-22(2)28(20-30(37)27-16-14-26(15-17-27)25-12-8-5-9-13-25)33(40)36-29(19-24-10-6-4-7-11-24)31(38)18-23(3)32(39)35-21-34(41)42;1-17(2)20(16-25(33)38-6)27(35)29-21(15-19-10-8-7-9-11-19)22(31)14-18(3)26(34)30-23(28(4)36)12-13-24(32)37-5;1-15(2)18(13-21(28)32-5)23(30)26-19(12-17-9-7-6-8-10-17)20(27)11-16(3)22(29)25-14-24(4)31;/h4-17,22-23,28-29,41-42H,18-21H2,1-3H3,(H,35,39)(H,36,40);7-11,17-18,20-21,23,36H,12-16H2,1-6H3,(H,29,35)(H,30,34);6-10,15-16,18-19,31H,11-14H2,1-5H3,(H,25,29)(H,26,30);1H4/t23-,28+,29+;18-,20+,21+,23?;16-,18+,19+;/m111./s1. The highest BCUT2D eigenvalue weighted by molar-refractivity contribution is 6.51. The van der Waals surface area contributed by atoms with Crippen molar-refractivity contribution in [2.24, 2.45) is 53.3 Å². The first kappa shape index (κ1) is 99.1. The number of amides is 6. The van der Waals surface area contributed by atoms with Gasteiger partial charge in [-0.1, -0.05) is 229 Å². The smallest absolute Gasteiger partial charge is 0.469 e. The Kier molecular flexibility index (Phi) is 45.9. The van der Waals surface area contributed by atoms with Crippen LogP contribution in [0.1, 0.15) is 148 Å². The molecule has 0 fully saturated rings. The van der Waals surface area contributed by atoms with E-state index in [1.807, 2.05) is 175 Å². The van der Waals surface area contributed by atoms with Crippen molar-refractivity contribution in [3.8, 4) is 11.1 Å². The second kappa shape index (κ2) is 52.4. The van der Waals surface area contributed by atoms with Gasteiger partial charge in [-0.15, -0.1) is 0 Å². The fourth-order valence-electron chi connectivity index (χ4n) is 11.9. The number of carbonyl (C=O) groups is 13. The maximum Gasteiger partial charge on any atom is 0.472 e. The average Bonchev–Trinajstić information content (AvgIpc) is 0.845. The van der Waals surface area contributed by atoms with E-state index < -0.39 is 128 Å². The highest BCUT2D eigenvalue weighted by Crippen LogP contribution is 2.25. The summed E-state index contributed by atoms with van der Waals surface area (Å²) >= 11 is 0. The number of esters is 3. The number of benzene rings is 5. The lowest BCUT2D eigenvalue weighted by Crippen LogP contribution is -2.49. The Balaban J connectivity index is 0.000000578. The molecule has 0 aliphatic carbocycles. The summed E-state index contributed by atoms with van der Waals surface area (Å²) in [6.07, 6.45) is 0.112. The van der Waals surface area contributed by atoms with E-state index in [4.69, 9.17) is 19.5 Å². The molecule has 5 aromatic rings. The molecule has 0 heterocycles. The number of rotatable bonds is 44. The van der Waals surface area contributed by atoms with Crippen LogP contribution in [0.25, 0.3) is 11.1 Å². The molecule has 6 amide bonds. The lowest BCUT2D eigenvalue weighted by atomic mass is 9.61. The molecule has 113 heavy (non-hydrogen) atoms. The third kappa shape index (κ3) is 37.5. The van der Waals surface area contributed by atoms with Gasteiger partial charge in [0.2, 0.25) is 35.4 Å². The Bertz CT molecular complexity index is 3800. The SMILES string of the molecule is C.CC(C)[C@H](CC(=O)c1ccc(-c2ccccc2)cc1)C(=O)N[C@@H](Cc1ccccc1)C(=O)C[C@@H](C)C(=O)NCB(O)O.COC(=O)CCC(NC(=O)[C@H](C)CC(=O)[C@H](Cc1ccccc1)NC(=O)[C@@H](CC(=O)OC)C(C)C)B(C)O.COC(=O)C[C@H](C(=O)N[C@@H](Cc1ccccc1)C(=O)C[C@@H](C)C(=O)NCB(C)O)C(C)C. The second-order valence-corrected chi connectivity index (χ2v) is 29.4. The van der Waals surface area contributed by atoms with E-state index in [0.717, 1.165) is 27.8 Å². The zero-order valence-electron chi connectivity index (χ0n) is 67.1. The van der Waals surface area contributed by atoms with Crippen molar-refractivity contribution in [3.63, 3.8) is 0 Å². The van der Waals surface area contributed by atoms with Crippen molar-refractivity contribution in [2.75, 3.05) is 34.2 Å². The molecule has 5 aromatic carbocycles. The summed E-state index contributed by atoms with van der Waals surface area (Å²) in [5.41, 5.74) is 5.08. The van der Waals surface area contributed by atoms with Crippen molar-refractivity contribution < 1.29 is 96.6 Å². The fourth-order valence-corrected chi connectivity index (χ4v) is 11.9. The molecule has 0 aliphatic heterocycles. The molecule has 0 aliphatic rings. The molecule has 0 radical (unpaired) electrons. The molecule has 10 atom stereocenters. The van der Waals surface area contributed by atoms with Crippen LogP contribution in [0.5, 0.6) is 0 Å². The molecular formula is C84H119B3N6O20. The molecule has 1 unspecified atom stereocenters. The van der Waals surface area contributed by atoms with E-state index >= 15 is 0 Å². The molecule has 0 aromatic heterocycles. The zero-order chi connectivity index (χ0) is 83.7. The van der Waals surface area contributed by atoms with Crippen molar-refractivity contribution in [1.29, 1.82) is 0 Å². The number of carbonyl (C=O) groups excluding carboxylic acids is 13. The largest absolute Gasteiger partial charge is 0.472 e. The number of hydrogen-bond donors (Lipinski definition) is 10. The summed E-state index contributed by atoms with van der Waals surface area (Å²) in [7, 11) is 2.08. The summed E-state index contributed by atoms with van der Waals surface area (Å²) < 4.78 is 14.0. The fraction of sp³-hybridized carbons (Fsp3) is 0.488. The van der Waals surface area contributed by atoms with E-state index in [2.05, 4.69) is 36.6 Å². The molecule has 0 spiro atoms. The third-order valence-corrected chi connectivity index (χ3v) is 19.0. The average molecular weight is 1570 g/mol. The monoisotopic (exact) mass is 1560 g/mol. The van der Waals surface area contributed by atoms with Crippen molar-refractivity contribution in [3.05, 3.63) is 168 Å². The van der Waals surface area contributed by atoms with E-state index in [1.165, 1.54) is 28.2 Å². The lowest BCUT2D eigenvalue weighted by molar-refractivity contribution is -0.145. The molecule has 5 rings (SSSR count). The Morgan fingerprint density at radius 3 is 1.01 bits per heavy atom. The van der Waals surface area contributed by atoms with Crippen molar-refractivity contribution in [1.82, 2.24) is 31.9 Å². The highest BCUT2D eigenvalue weighted by atomic mass is 16.5. The molecule has 29 heteroatoms. The Labute approximate surface area is 667 Å². The van der Waals surface area contributed by atoms with Gasteiger partial charge in [0, 0.05) is 73.7 Å². The van der Waals surface area contributed by atoms with Crippen molar-refractivity contribution in [2.45, 2.75) is 178 Å². The molecular weight excluding hydrogens is 1450 g/mol. The van der Waals surface area contributed by atoms with Crippen LogP contribution in [0.3, 0.4) is 0 Å². The third-order valence-electron chi connectivity index (χ3n) is 19.0. The van der Waals surface area contributed by atoms with Gasteiger partial charge in [0.05, 0.1) is 70.6 Å². The molecule has 0 saturated carbocycles. The maximum atomic E-state index is 13.5. The van der Waals surface area contributed by atoms with Gasteiger partial charge in [-0.3, -0.25) is 62.3 Å². The van der Waals surface area contributed by atoms with Crippen LogP contribution in [0, 0.1) is 53.3 Å². The van der Waals surface area contributed by atoms with Crippen molar-refractivity contribution >= 4 is 97.4 Å². The topological polar surface area (TPSA) is 403 Å². The zero-order valence-corrected chi connectivity index (χ0v) is 67.1. The van der Waals surface area contributed by atoms with Crippen LogP contribution in [0.15, 0.2) is 146 Å². The summed E-state index contributed by atoms with van der Waals surface area (Å²) in [5.74, 6) is -10.4. The summed E-state index contributed by atoms with van der Waals surface area (Å²) in [4.78, 5) is 165. The van der Waals surface area contributed by atoms with Crippen LogP contribution >= 0.6 is 0 Å². The van der Waals surface area contributed by atoms with Gasteiger partial charge in [0.1, 0.15) is 0 Å². The first-order valence-electron chi connectivity index (χ1n) is 38.1. The first-order valence-corrected chi connectivity index (χ1v) is 38.1. The number of nitrogens with one attached hydrogen (secondary N) is 6.